The van der Waals surface area contributed by atoms with E-state index in [1.165, 1.54) is 0 Å². The van der Waals surface area contributed by atoms with Gasteiger partial charge in [-0.2, -0.15) is 0 Å². The van der Waals surface area contributed by atoms with E-state index in [9.17, 15) is 4.79 Å². The zero-order chi connectivity index (χ0) is 24.0. The fourth-order valence-corrected chi connectivity index (χ4v) is 4.30. The molecule has 0 aliphatic rings. The van der Waals surface area contributed by atoms with Crippen LogP contribution in [0.5, 0.6) is 0 Å². The number of halogens is 2. The van der Waals surface area contributed by atoms with Gasteiger partial charge < -0.3 is 15.1 Å². The van der Waals surface area contributed by atoms with Crippen LogP contribution in [0.1, 0.15) is 20.8 Å². The van der Waals surface area contributed by atoms with Crippen LogP contribution in [-0.4, -0.2) is 10.1 Å². The number of nitrogens with zero attached hydrogens (tertiary/aromatic N) is 1. The van der Waals surface area contributed by atoms with E-state index in [0.29, 0.717) is 26.7 Å². The van der Waals surface area contributed by atoms with E-state index in [0.717, 1.165) is 28.1 Å². The van der Waals surface area contributed by atoms with Gasteiger partial charge in [-0.1, -0.05) is 35.3 Å². The summed E-state index contributed by atoms with van der Waals surface area (Å²) in [4.78, 5) is 13.4. The van der Waals surface area contributed by atoms with Gasteiger partial charge in [-0.25, -0.2) is 4.79 Å². The number of rotatable bonds is 4. The summed E-state index contributed by atoms with van der Waals surface area (Å²) in [5.41, 5.74) is 2.83. The van der Waals surface area contributed by atoms with Crippen molar-refractivity contribution in [2.24, 2.45) is 0 Å². The quantitative estimate of drug-likeness (QED) is 0.250. The van der Waals surface area contributed by atoms with E-state index in [-0.39, 0.29) is 5.54 Å². The van der Waals surface area contributed by atoms with Gasteiger partial charge in [-0.05, 0) is 81.4 Å². The van der Waals surface area contributed by atoms with E-state index in [1.54, 1.807) is 18.2 Å². The van der Waals surface area contributed by atoms with Crippen LogP contribution < -0.4 is 16.3 Å². The minimum Gasteiger partial charge on any atom is -0.422 e. The van der Waals surface area contributed by atoms with Crippen molar-refractivity contribution in [3.05, 3.63) is 93.3 Å². The zero-order valence-corrected chi connectivity index (χ0v) is 20.5. The first kappa shape index (κ1) is 22.4. The Bertz CT molecular complexity index is 1560. The van der Waals surface area contributed by atoms with Gasteiger partial charge in [0.1, 0.15) is 16.8 Å². The van der Waals surface area contributed by atoms with Gasteiger partial charge in [0, 0.05) is 32.3 Å². The highest BCUT2D eigenvalue weighted by Gasteiger charge is 2.27. The second kappa shape index (κ2) is 8.42. The number of fused-ring (bicyclic) bond motifs is 3. The summed E-state index contributed by atoms with van der Waals surface area (Å²) < 4.78 is 7.80. The van der Waals surface area contributed by atoms with E-state index >= 15 is 0 Å². The standard InChI is InChI=1S/C27H23Cl2N3O2/c1-27(2,3)31-25-23(30-18-12-8-16(28)9-13-18)22-24(32(25)19-14-10-17(29)11-15-19)20-6-4-5-7-21(20)34-26(22)33/h4-15,30-31H,1-3H3. The van der Waals surface area contributed by atoms with Gasteiger partial charge in [-0.15, -0.1) is 0 Å². The number of aromatic nitrogens is 1. The first-order valence-corrected chi connectivity index (χ1v) is 11.6. The summed E-state index contributed by atoms with van der Waals surface area (Å²) in [7, 11) is 0. The smallest absolute Gasteiger partial charge is 0.348 e. The van der Waals surface area contributed by atoms with Gasteiger partial charge in [0.05, 0.1) is 11.2 Å². The minimum atomic E-state index is -0.421. The molecule has 34 heavy (non-hydrogen) atoms. The molecule has 5 aromatic rings. The van der Waals surface area contributed by atoms with Crippen LogP contribution in [0.3, 0.4) is 0 Å². The maximum atomic E-state index is 13.4. The Kier molecular flexibility index (Phi) is 5.54. The first-order chi connectivity index (χ1) is 16.2. The lowest BCUT2D eigenvalue weighted by molar-refractivity contribution is 0.570. The number of hydrogen-bond acceptors (Lipinski definition) is 4. The monoisotopic (exact) mass is 491 g/mol. The second-order valence-corrected chi connectivity index (χ2v) is 10.0. The molecule has 0 atom stereocenters. The number of benzene rings is 3. The molecule has 0 saturated carbocycles. The Labute approximate surface area is 206 Å². The summed E-state index contributed by atoms with van der Waals surface area (Å²) in [5.74, 6) is 0.739. The minimum absolute atomic E-state index is 0.301. The molecule has 0 radical (unpaired) electrons. The largest absolute Gasteiger partial charge is 0.422 e. The molecule has 2 N–H and O–H groups in total. The Morgan fingerprint density at radius 3 is 2.12 bits per heavy atom. The van der Waals surface area contributed by atoms with Crippen LogP contribution in [-0.2, 0) is 0 Å². The first-order valence-electron chi connectivity index (χ1n) is 10.9. The third-order valence-electron chi connectivity index (χ3n) is 5.41. The highest BCUT2D eigenvalue weighted by atomic mass is 35.5. The highest BCUT2D eigenvalue weighted by molar-refractivity contribution is 6.31. The molecule has 0 unspecified atom stereocenters. The summed E-state index contributed by atoms with van der Waals surface area (Å²) >= 11 is 12.3. The Morgan fingerprint density at radius 2 is 1.47 bits per heavy atom. The summed E-state index contributed by atoms with van der Waals surface area (Å²) in [6.07, 6.45) is 0. The molecule has 0 bridgehead atoms. The van der Waals surface area contributed by atoms with Gasteiger partial charge >= 0.3 is 5.63 Å². The predicted molar refractivity (Wildman–Crippen MR) is 142 cm³/mol. The lowest BCUT2D eigenvalue weighted by atomic mass is 10.1. The molecule has 0 aliphatic carbocycles. The van der Waals surface area contributed by atoms with Crippen LogP contribution in [0.2, 0.25) is 10.0 Å². The van der Waals surface area contributed by atoms with Crippen LogP contribution in [0.15, 0.2) is 82.0 Å². The van der Waals surface area contributed by atoms with Crippen molar-refractivity contribution < 1.29 is 4.42 Å². The normalized spacial score (nSPS) is 11.8. The van der Waals surface area contributed by atoms with Crippen LogP contribution in [0.25, 0.3) is 27.6 Å². The lowest BCUT2D eigenvalue weighted by Gasteiger charge is -2.25. The van der Waals surface area contributed by atoms with Crippen molar-refractivity contribution in [2.75, 3.05) is 10.6 Å². The van der Waals surface area contributed by atoms with Gasteiger partial charge in [-0.3, -0.25) is 4.57 Å². The summed E-state index contributed by atoms with van der Waals surface area (Å²) in [6.45, 7) is 6.22. The molecule has 0 amide bonds. The molecule has 5 rings (SSSR count). The molecule has 0 aliphatic heterocycles. The predicted octanol–water partition coefficient (Wildman–Crippen LogP) is 8.00. The molecule has 5 nitrogen and oxygen atoms in total. The molecule has 0 saturated heterocycles. The van der Waals surface area contributed by atoms with Crippen LogP contribution >= 0.6 is 23.2 Å². The Morgan fingerprint density at radius 1 is 0.853 bits per heavy atom. The lowest BCUT2D eigenvalue weighted by Crippen LogP contribution is -2.28. The fraction of sp³-hybridized carbons (Fsp3) is 0.148. The van der Waals surface area contributed by atoms with Crippen molar-refractivity contribution in [3.8, 4) is 5.69 Å². The van der Waals surface area contributed by atoms with Crippen molar-refractivity contribution in [1.82, 2.24) is 4.57 Å². The van der Waals surface area contributed by atoms with Gasteiger partial charge in [0.2, 0.25) is 0 Å². The highest BCUT2D eigenvalue weighted by Crippen LogP contribution is 2.42. The molecule has 0 spiro atoms. The maximum Gasteiger partial charge on any atom is 0.348 e. The molecule has 2 heterocycles. The molecular formula is C27H23Cl2N3O2. The van der Waals surface area contributed by atoms with Crippen molar-refractivity contribution in [1.29, 1.82) is 0 Å². The third kappa shape index (κ3) is 4.13. The molecule has 0 fully saturated rings. The van der Waals surface area contributed by atoms with Crippen molar-refractivity contribution in [2.45, 2.75) is 26.3 Å². The number of hydrogen-bond donors (Lipinski definition) is 2. The summed E-state index contributed by atoms with van der Waals surface area (Å²) in [5, 5.41) is 9.60. The maximum absolute atomic E-state index is 13.4. The Hall–Kier alpha value is -3.41. The van der Waals surface area contributed by atoms with Crippen molar-refractivity contribution in [3.63, 3.8) is 0 Å². The van der Waals surface area contributed by atoms with Crippen molar-refractivity contribution >= 4 is 62.3 Å². The second-order valence-electron chi connectivity index (χ2n) is 9.15. The van der Waals surface area contributed by atoms with Gasteiger partial charge in [0.15, 0.2) is 0 Å². The van der Waals surface area contributed by atoms with E-state index in [4.69, 9.17) is 27.6 Å². The molecule has 3 aromatic carbocycles. The number of anilines is 3. The van der Waals surface area contributed by atoms with E-state index in [2.05, 4.69) is 36.0 Å². The van der Waals surface area contributed by atoms with Gasteiger partial charge in [0.25, 0.3) is 0 Å². The average molecular weight is 492 g/mol. The molecule has 2 aromatic heterocycles. The SMILES string of the molecule is CC(C)(C)Nc1c(Nc2ccc(Cl)cc2)c2c(=O)oc3ccccc3c2n1-c1ccc(Cl)cc1. The number of nitrogens with one attached hydrogen (secondary N) is 2. The van der Waals surface area contributed by atoms with Crippen LogP contribution in [0, 0.1) is 0 Å². The molecule has 172 valence electrons. The van der Waals surface area contributed by atoms with E-state index in [1.807, 2.05) is 54.6 Å². The summed E-state index contributed by atoms with van der Waals surface area (Å²) in [6, 6.07) is 22.4. The topological polar surface area (TPSA) is 59.2 Å². The van der Waals surface area contributed by atoms with Crippen LogP contribution in [0.4, 0.5) is 17.2 Å². The fourth-order valence-electron chi connectivity index (χ4n) is 4.05. The zero-order valence-electron chi connectivity index (χ0n) is 18.9. The Balaban J connectivity index is 1.93. The molecular weight excluding hydrogens is 469 g/mol. The van der Waals surface area contributed by atoms with E-state index < -0.39 is 5.63 Å². The molecule has 7 heteroatoms. The number of para-hydroxylation sites is 1. The average Bonchev–Trinajstić information content (AvgIpc) is 3.09. The third-order valence-corrected chi connectivity index (χ3v) is 5.92.